The zero-order valence-electron chi connectivity index (χ0n) is 6.71. The van der Waals surface area contributed by atoms with E-state index in [1.165, 1.54) is 7.11 Å². The zero-order chi connectivity index (χ0) is 9.84. The van der Waals surface area contributed by atoms with Crippen LogP contribution >= 0.6 is 37.6 Å². The summed E-state index contributed by atoms with van der Waals surface area (Å²) in [6, 6.07) is 5.19. The molecule has 0 atom stereocenters. The molecule has 0 unspecified atom stereocenters. The van der Waals surface area contributed by atoms with Crippen molar-refractivity contribution in [2.24, 2.45) is 0 Å². The Bertz CT molecular complexity index is 330. The van der Waals surface area contributed by atoms with Crippen LogP contribution in [-0.4, -0.2) is 13.1 Å². The molecular formula is C8H6BrClO2S. The molecule has 0 saturated heterocycles. The molecule has 0 radical (unpaired) electrons. The van der Waals surface area contributed by atoms with E-state index in [0.29, 0.717) is 10.0 Å². The third-order valence-electron chi connectivity index (χ3n) is 1.43. The van der Waals surface area contributed by atoms with Gasteiger partial charge in [0.2, 0.25) is 0 Å². The third-order valence-corrected chi connectivity index (χ3v) is 3.06. The second-order valence-electron chi connectivity index (χ2n) is 2.21. The molecule has 2 nitrogen and oxygen atoms in total. The summed E-state index contributed by atoms with van der Waals surface area (Å²) in [7, 11) is 7.99. The monoisotopic (exact) mass is 280 g/mol. The van der Waals surface area contributed by atoms with Crippen molar-refractivity contribution in [3.05, 3.63) is 28.2 Å². The van der Waals surface area contributed by atoms with Crippen LogP contribution in [0.5, 0.6) is 0 Å². The molecule has 0 amide bonds. The van der Waals surface area contributed by atoms with Crippen LogP contribution in [0.15, 0.2) is 27.6 Å². The number of esters is 1. The van der Waals surface area contributed by atoms with Crippen LogP contribution in [0.4, 0.5) is 0 Å². The summed E-state index contributed by atoms with van der Waals surface area (Å²) < 4.78 is 5.27. The molecule has 0 fully saturated rings. The molecule has 1 aromatic rings. The summed E-state index contributed by atoms with van der Waals surface area (Å²) in [4.78, 5) is 12.0. The Balaban J connectivity index is 3.05. The Labute approximate surface area is 93.2 Å². The van der Waals surface area contributed by atoms with Crippen LogP contribution in [0.2, 0.25) is 0 Å². The van der Waals surface area contributed by atoms with Gasteiger partial charge < -0.3 is 4.74 Å². The number of hydrogen-bond acceptors (Lipinski definition) is 3. The number of halogens is 2. The van der Waals surface area contributed by atoms with Crippen LogP contribution in [0.25, 0.3) is 0 Å². The lowest BCUT2D eigenvalue weighted by Gasteiger charge is -2.02. The van der Waals surface area contributed by atoms with Crippen molar-refractivity contribution in [1.29, 1.82) is 0 Å². The molecule has 0 heterocycles. The minimum Gasteiger partial charge on any atom is -0.465 e. The van der Waals surface area contributed by atoms with Crippen molar-refractivity contribution in [2.45, 2.75) is 4.90 Å². The van der Waals surface area contributed by atoms with Gasteiger partial charge >= 0.3 is 5.97 Å². The predicted molar refractivity (Wildman–Crippen MR) is 57.2 cm³/mol. The summed E-state index contributed by atoms with van der Waals surface area (Å²) in [6.45, 7) is 0. The normalized spacial score (nSPS) is 9.77. The summed E-state index contributed by atoms with van der Waals surface area (Å²) in [5, 5.41) is 0. The molecule has 0 aliphatic rings. The van der Waals surface area contributed by atoms with Crippen molar-refractivity contribution >= 4 is 43.6 Å². The first-order chi connectivity index (χ1) is 6.19. The van der Waals surface area contributed by atoms with Gasteiger partial charge in [0.1, 0.15) is 0 Å². The molecule has 70 valence electrons. The van der Waals surface area contributed by atoms with Gasteiger partial charge in [-0.1, -0.05) is 0 Å². The van der Waals surface area contributed by atoms with Crippen molar-refractivity contribution in [3.63, 3.8) is 0 Å². The van der Waals surface area contributed by atoms with Gasteiger partial charge in [0, 0.05) is 9.37 Å². The number of carbonyl (C=O) groups excluding carboxylic acids is 1. The van der Waals surface area contributed by atoms with E-state index in [9.17, 15) is 4.79 Å². The van der Waals surface area contributed by atoms with Crippen molar-refractivity contribution in [2.75, 3.05) is 7.11 Å². The van der Waals surface area contributed by atoms with Gasteiger partial charge in [-0.25, -0.2) is 4.79 Å². The summed E-state index contributed by atoms with van der Waals surface area (Å²) >= 11 is 3.26. The lowest BCUT2D eigenvalue weighted by molar-refractivity contribution is 0.0599. The quantitative estimate of drug-likeness (QED) is 0.776. The van der Waals surface area contributed by atoms with Gasteiger partial charge in [0.25, 0.3) is 0 Å². The van der Waals surface area contributed by atoms with E-state index < -0.39 is 0 Å². The first-order valence-electron chi connectivity index (χ1n) is 3.35. The highest BCUT2D eigenvalue weighted by molar-refractivity contribution is 9.10. The largest absolute Gasteiger partial charge is 0.465 e. The van der Waals surface area contributed by atoms with Crippen molar-refractivity contribution in [3.8, 4) is 0 Å². The summed E-state index contributed by atoms with van der Waals surface area (Å²) in [5.41, 5.74) is 0.497. The van der Waals surface area contributed by atoms with Crippen molar-refractivity contribution < 1.29 is 9.53 Å². The SMILES string of the molecule is COC(=O)c1ccc(SCl)cc1Br. The molecule has 0 aromatic heterocycles. The predicted octanol–water partition coefficient (Wildman–Crippen LogP) is 3.48. The van der Waals surface area contributed by atoms with E-state index in [1.54, 1.807) is 18.2 Å². The summed E-state index contributed by atoms with van der Waals surface area (Å²) in [5.74, 6) is -0.363. The Morgan fingerprint density at radius 2 is 2.31 bits per heavy atom. The lowest BCUT2D eigenvalue weighted by Crippen LogP contribution is -2.01. The number of benzene rings is 1. The Kier molecular flexibility index (Phi) is 4.09. The van der Waals surface area contributed by atoms with Gasteiger partial charge in [0.05, 0.1) is 12.7 Å². The highest BCUT2D eigenvalue weighted by Gasteiger charge is 2.09. The number of methoxy groups -OCH3 is 1. The number of rotatable bonds is 2. The highest BCUT2D eigenvalue weighted by atomic mass is 79.9. The fraction of sp³-hybridized carbons (Fsp3) is 0.125. The van der Waals surface area contributed by atoms with E-state index in [0.717, 1.165) is 15.9 Å². The Hall–Kier alpha value is -0.190. The first kappa shape index (κ1) is 10.9. The van der Waals surface area contributed by atoms with Crippen LogP contribution in [-0.2, 0) is 4.74 Å². The van der Waals surface area contributed by atoms with Crippen LogP contribution < -0.4 is 0 Å². The maximum absolute atomic E-state index is 11.1. The van der Waals surface area contributed by atoms with Gasteiger partial charge in [-0.05, 0) is 55.8 Å². The molecule has 0 aliphatic heterocycles. The zero-order valence-corrected chi connectivity index (χ0v) is 9.87. The first-order valence-corrected chi connectivity index (χ1v) is 5.79. The fourth-order valence-corrected chi connectivity index (χ4v) is 2.08. The number of hydrogen-bond donors (Lipinski definition) is 0. The molecule has 5 heteroatoms. The molecular weight excluding hydrogens is 276 g/mol. The minimum atomic E-state index is -0.363. The molecule has 1 aromatic carbocycles. The average Bonchev–Trinajstić information content (AvgIpc) is 2.16. The molecule has 0 bridgehead atoms. The smallest absolute Gasteiger partial charge is 0.339 e. The standard InChI is InChI=1S/C8H6BrClO2S/c1-12-8(11)6-3-2-5(13-10)4-7(6)9/h2-4H,1H3. The number of carbonyl (C=O) groups is 1. The van der Waals surface area contributed by atoms with Crippen LogP contribution in [0.3, 0.4) is 0 Å². The Morgan fingerprint density at radius 3 is 2.77 bits per heavy atom. The molecule has 13 heavy (non-hydrogen) atoms. The molecule has 1 rings (SSSR count). The maximum atomic E-state index is 11.1. The van der Waals surface area contributed by atoms with Gasteiger partial charge in [-0.3, -0.25) is 0 Å². The van der Waals surface area contributed by atoms with E-state index >= 15 is 0 Å². The Morgan fingerprint density at radius 1 is 1.62 bits per heavy atom. The van der Waals surface area contributed by atoms with Crippen LogP contribution in [0, 0.1) is 0 Å². The second-order valence-corrected chi connectivity index (χ2v) is 4.15. The van der Waals surface area contributed by atoms with Gasteiger partial charge in [0.15, 0.2) is 0 Å². The third kappa shape index (κ3) is 2.62. The number of ether oxygens (including phenoxy) is 1. The average molecular weight is 282 g/mol. The van der Waals surface area contributed by atoms with Gasteiger partial charge in [-0.2, -0.15) is 0 Å². The summed E-state index contributed by atoms with van der Waals surface area (Å²) in [6.07, 6.45) is 0. The van der Waals surface area contributed by atoms with E-state index in [2.05, 4.69) is 20.7 Å². The van der Waals surface area contributed by atoms with Gasteiger partial charge in [-0.15, -0.1) is 0 Å². The fourth-order valence-electron chi connectivity index (χ4n) is 0.819. The topological polar surface area (TPSA) is 26.3 Å². The van der Waals surface area contributed by atoms with Crippen molar-refractivity contribution in [1.82, 2.24) is 0 Å². The minimum absolute atomic E-state index is 0.363. The van der Waals surface area contributed by atoms with E-state index in [1.807, 2.05) is 0 Å². The second kappa shape index (κ2) is 4.88. The van der Waals surface area contributed by atoms with E-state index in [4.69, 9.17) is 10.7 Å². The maximum Gasteiger partial charge on any atom is 0.339 e. The van der Waals surface area contributed by atoms with Crippen LogP contribution in [0.1, 0.15) is 10.4 Å². The van der Waals surface area contributed by atoms with E-state index in [-0.39, 0.29) is 5.97 Å². The molecule has 0 spiro atoms. The highest BCUT2D eigenvalue weighted by Crippen LogP contribution is 2.27. The lowest BCUT2D eigenvalue weighted by atomic mass is 10.2. The molecule has 0 N–H and O–H groups in total. The molecule has 0 aliphatic carbocycles. The molecule has 0 saturated carbocycles.